The molecule has 0 atom stereocenters. The van der Waals surface area contributed by atoms with E-state index in [0.29, 0.717) is 37.3 Å². The van der Waals surface area contributed by atoms with Crippen LogP contribution < -0.4 is 0 Å². The number of nitrogens with zero attached hydrogens (tertiary/aromatic N) is 5. The molecule has 2 aromatic heterocycles. The molecule has 8 heteroatoms. The number of hydrogen-bond donors (Lipinski definition) is 1. The van der Waals surface area contributed by atoms with Crippen molar-refractivity contribution < 1.29 is 14.7 Å². The molecule has 8 nitrogen and oxygen atoms in total. The number of carbonyl (C=O) groups excluding carboxylic acids is 1. The lowest BCUT2D eigenvalue weighted by Crippen LogP contribution is -2.31. The zero-order valence-corrected chi connectivity index (χ0v) is 16.0. The van der Waals surface area contributed by atoms with Gasteiger partial charge in [-0.25, -0.2) is 9.97 Å². The van der Waals surface area contributed by atoms with Crippen LogP contribution in [0.1, 0.15) is 65.9 Å². The molecule has 27 heavy (non-hydrogen) atoms. The summed E-state index contributed by atoms with van der Waals surface area (Å²) in [7, 11) is 0. The molecular weight excluding hydrogens is 346 g/mol. The maximum absolute atomic E-state index is 13.0. The van der Waals surface area contributed by atoms with Gasteiger partial charge in [0.05, 0.1) is 35.6 Å². The number of fused-ring (bicyclic) bond motifs is 1. The summed E-state index contributed by atoms with van der Waals surface area (Å²) in [6.45, 7) is 7.69. The zero-order chi connectivity index (χ0) is 19.6. The fourth-order valence-electron chi connectivity index (χ4n) is 3.20. The first-order valence-electron chi connectivity index (χ1n) is 9.25. The van der Waals surface area contributed by atoms with Crippen LogP contribution in [0.25, 0.3) is 0 Å². The van der Waals surface area contributed by atoms with Gasteiger partial charge >= 0.3 is 5.97 Å². The van der Waals surface area contributed by atoms with Crippen LogP contribution in [0.3, 0.4) is 0 Å². The minimum atomic E-state index is -0.838. The average molecular weight is 371 g/mol. The van der Waals surface area contributed by atoms with Crippen LogP contribution in [0.4, 0.5) is 0 Å². The number of amides is 1. The monoisotopic (exact) mass is 371 g/mol. The van der Waals surface area contributed by atoms with Crippen molar-refractivity contribution in [1.82, 2.24) is 24.6 Å². The van der Waals surface area contributed by atoms with E-state index in [0.717, 1.165) is 23.6 Å². The zero-order valence-electron chi connectivity index (χ0n) is 16.0. The van der Waals surface area contributed by atoms with E-state index in [9.17, 15) is 9.59 Å². The molecule has 0 saturated heterocycles. The predicted molar refractivity (Wildman–Crippen MR) is 98.4 cm³/mol. The van der Waals surface area contributed by atoms with E-state index < -0.39 is 5.97 Å². The van der Waals surface area contributed by atoms with Crippen molar-refractivity contribution in [3.63, 3.8) is 0 Å². The van der Waals surface area contributed by atoms with Crippen molar-refractivity contribution >= 4 is 11.9 Å². The lowest BCUT2D eigenvalue weighted by atomic mass is 10.1. The quantitative estimate of drug-likeness (QED) is 0.864. The second-order valence-corrected chi connectivity index (χ2v) is 7.21. The molecule has 0 aromatic carbocycles. The number of carboxylic acids is 1. The molecule has 0 spiro atoms. The topological polar surface area (TPSA) is 101 Å². The van der Waals surface area contributed by atoms with Gasteiger partial charge in [0.2, 0.25) is 0 Å². The first-order chi connectivity index (χ1) is 12.8. The molecule has 1 aliphatic rings. The molecule has 3 heterocycles. The van der Waals surface area contributed by atoms with Crippen LogP contribution in [0, 0.1) is 6.92 Å². The van der Waals surface area contributed by atoms with Gasteiger partial charge in [-0.15, -0.1) is 0 Å². The van der Waals surface area contributed by atoms with Gasteiger partial charge in [0, 0.05) is 31.6 Å². The van der Waals surface area contributed by atoms with Gasteiger partial charge in [0.15, 0.2) is 0 Å². The van der Waals surface area contributed by atoms with E-state index in [2.05, 4.69) is 15.1 Å². The molecule has 144 valence electrons. The van der Waals surface area contributed by atoms with E-state index >= 15 is 0 Å². The number of aliphatic carboxylic acids is 1. The molecule has 0 radical (unpaired) electrons. The molecule has 0 fully saturated rings. The van der Waals surface area contributed by atoms with Crippen LogP contribution >= 0.6 is 0 Å². The van der Waals surface area contributed by atoms with E-state index in [4.69, 9.17) is 5.11 Å². The fourth-order valence-corrected chi connectivity index (χ4v) is 3.20. The van der Waals surface area contributed by atoms with E-state index in [1.165, 1.54) is 0 Å². The lowest BCUT2D eigenvalue weighted by molar-refractivity contribution is -0.136. The third-order valence-corrected chi connectivity index (χ3v) is 4.69. The summed E-state index contributed by atoms with van der Waals surface area (Å²) in [6, 6.07) is 1.90. The second kappa shape index (κ2) is 7.85. The molecule has 3 rings (SSSR count). The SMILES string of the molecule is Cc1nc(C(C)C)ncc1C(=O)N1CCCn2nc(CCC(=O)O)cc2C1. The first-order valence-corrected chi connectivity index (χ1v) is 9.25. The van der Waals surface area contributed by atoms with Gasteiger partial charge in [-0.2, -0.15) is 5.10 Å². The van der Waals surface area contributed by atoms with Gasteiger partial charge in [0.25, 0.3) is 5.91 Å². The van der Waals surface area contributed by atoms with E-state index in [1.54, 1.807) is 11.1 Å². The largest absolute Gasteiger partial charge is 0.481 e. The van der Waals surface area contributed by atoms with Crippen LogP contribution in [0.2, 0.25) is 0 Å². The standard InChI is InChI=1S/C19H25N5O3/c1-12(2)18-20-10-16(13(3)21-18)19(27)23-7-4-8-24-15(11-23)9-14(22-24)5-6-17(25)26/h9-10,12H,4-8,11H2,1-3H3,(H,25,26). The van der Waals surface area contributed by atoms with Gasteiger partial charge in [-0.1, -0.05) is 13.8 Å². The molecule has 0 unspecified atom stereocenters. The minimum absolute atomic E-state index is 0.0534. The Bertz CT molecular complexity index is 859. The lowest BCUT2D eigenvalue weighted by Gasteiger charge is -2.21. The minimum Gasteiger partial charge on any atom is -0.481 e. The highest BCUT2D eigenvalue weighted by Crippen LogP contribution is 2.19. The third-order valence-electron chi connectivity index (χ3n) is 4.69. The molecule has 2 aromatic rings. The number of carbonyl (C=O) groups is 2. The molecule has 0 aliphatic carbocycles. The fraction of sp³-hybridized carbons (Fsp3) is 0.526. The van der Waals surface area contributed by atoms with Crippen molar-refractivity contribution in [2.24, 2.45) is 0 Å². The Morgan fingerprint density at radius 1 is 1.30 bits per heavy atom. The Hall–Kier alpha value is -2.77. The van der Waals surface area contributed by atoms with Gasteiger partial charge in [-0.05, 0) is 19.4 Å². The van der Waals surface area contributed by atoms with Crippen molar-refractivity contribution in [3.05, 3.63) is 40.7 Å². The Labute approximate surface area is 158 Å². The Balaban J connectivity index is 1.78. The van der Waals surface area contributed by atoms with Crippen molar-refractivity contribution in [2.75, 3.05) is 6.54 Å². The highest BCUT2D eigenvalue weighted by atomic mass is 16.4. The summed E-state index contributed by atoms with van der Waals surface area (Å²) < 4.78 is 1.88. The van der Waals surface area contributed by atoms with Crippen molar-refractivity contribution in [1.29, 1.82) is 0 Å². The number of hydrogen-bond acceptors (Lipinski definition) is 5. The smallest absolute Gasteiger partial charge is 0.303 e. The summed E-state index contributed by atoms with van der Waals surface area (Å²) in [4.78, 5) is 34.4. The van der Waals surface area contributed by atoms with Crippen molar-refractivity contribution in [2.45, 2.75) is 59.0 Å². The summed E-state index contributed by atoms with van der Waals surface area (Å²) in [5.41, 5.74) is 2.90. The Morgan fingerprint density at radius 2 is 2.07 bits per heavy atom. The molecular formula is C19H25N5O3. The predicted octanol–water partition coefficient (Wildman–Crippen LogP) is 2.17. The molecule has 1 aliphatic heterocycles. The maximum Gasteiger partial charge on any atom is 0.303 e. The van der Waals surface area contributed by atoms with E-state index in [-0.39, 0.29) is 18.2 Å². The normalized spacial score (nSPS) is 14.1. The van der Waals surface area contributed by atoms with Crippen molar-refractivity contribution in [3.8, 4) is 0 Å². The number of rotatable bonds is 5. The second-order valence-electron chi connectivity index (χ2n) is 7.21. The third kappa shape index (κ3) is 4.32. The highest BCUT2D eigenvalue weighted by molar-refractivity contribution is 5.94. The maximum atomic E-state index is 13.0. The van der Waals surface area contributed by atoms with Crippen LogP contribution in [0.5, 0.6) is 0 Å². The first kappa shape index (κ1) is 19.0. The number of carboxylic acid groups (broad SMARTS) is 1. The highest BCUT2D eigenvalue weighted by Gasteiger charge is 2.24. The molecule has 1 amide bonds. The van der Waals surface area contributed by atoms with Crippen LogP contribution in [0.15, 0.2) is 12.3 Å². The molecule has 1 N–H and O–H groups in total. The summed E-state index contributed by atoms with van der Waals surface area (Å²) in [6.07, 6.45) is 2.87. The average Bonchev–Trinajstić information content (AvgIpc) is 2.89. The molecule has 0 bridgehead atoms. The summed E-state index contributed by atoms with van der Waals surface area (Å²) >= 11 is 0. The summed E-state index contributed by atoms with van der Waals surface area (Å²) in [5, 5.41) is 13.3. The Kier molecular flexibility index (Phi) is 5.53. The van der Waals surface area contributed by atoms with Gasteiger partial charge < -0.3 is 10.0 Å². The van der Waals surface area contributed by atoms with Gasteiger partial charge in [0.1, 0.15) is 5.82 Å². The summed E-state index contributed by atoms with van der Waals surface area (Å²) in [5.74, 6) is 0.0329. The number of aromatic nitrogens is 4. The van der Waals surface area contributed by atoms with Crippen LogP contribution in [-0.2, 0) is 24.3 Å². The Morgan fingerprint density at radius 3 is 2.74 bits per heavy atom. The van der Waals surface area contributed by atoms with Gasteiger partial charge in [-0.3, -0.25) is 14.3 Å². The number of aryl methyl sites for hydroxylation is 3. The molecule has 0 saturated carbocycles. The van der Waals surface area contributed by atoms with E-state index in [1.807, 2.05) is 31.5 Å². The van der Waals surface area contributed by atoms with Crippen LogP contribution in [-0.4, -0.2) is 48.2 Å².